The fraction of sp³-hybridized carbons (Fsp3) is 0.250. The lowest BCUT2D eigenvalue weighted by molar-refractivity contribution is -0.169. The minimum atomic E-state index is -5.39. The van der Waals surface area contributed by atoms with E-state index in [9.17, 15) is 61.9 Å². The number of benzene rings is 4. The van der Waals surface area contributed by atoms with E-state index < -0.39 is 89.6 Å². The zero-order chi connectivity index (χ0) is 45.8. The van der Waals surface area contributed by atoms with Gasteiger partial charge < -0.3 is 11.7 Å². The first-order valence-electron chi connectivity index (χ1n) is 18.3. The number of fused-ring (bicyclic) bond motifs is 2. The molecule has 2 amide bonds. The molecule has 0 saturated carbocycles. The predicted molar refractivity (Wildman–Crippen MR) is 216 cm³/mol. The lowest BCUT2D eigenvalue weighted by Crippen LogP contribution is -2.47. The van der Waals surface area contributed by atoms with E-state index in [-0.39, 0.29) is 46.2 Å². The van der Waals surface area contributed by atoms with Crippen LogP contribution >= 0.6 is 0 Å². The Morgan fingerprint density at radius 1 is 0.597 bits per heavy atom. The van der Waals surface area contributed by atoms with Gasteiger partial charge in [-0.1, -0.05) is 98.8 Å². The molecule has 0 aromatic heterocycles. The number of aryl methyl sites for hydroxylation is 2. The average Bonchev–Trinajstić information content (AvgIpc) is 3.21. The van der Waals surface area contributed by atoms with E-state index in [0.717, 1.165) is 0 Å². The van der Waals surface area contributed by atoms with E-state index in [0.29, 0.717) is 22.3 Å². The second-order valence-electron chi connectivity index (χ2n) is 14.2. The molecule has 22 heteroatoms. The van der Waals surface area contributed by atoms with Crippen LogP contribution in [-0.2, 0) is 52.2 Å². The summed E-state index contributed by atoms with van der Waals surface area (Å²) >= 11 is 0. The van der Waals surface area contributed by atoms with Crippen molar-refractivity contribution < 1.29 is 61.9 Å². The van der Waals surface area contributed by atoms with Crippen LogP contribution in [0, 0.1) is 0 Å². The van der Waals surface area contributed by atoms with Crippen LogP contribution < -0.4 is 11.7 Å². The maximum atomic E-state index is 13.7. The molecule has 2 unspecified atom stereocenters. The number of carbonyl (C=O) groups excluding carboxylic acids is 2. The number of carbonyl (C=O) groups is 2. The third kappa shape index (κ3) is 7.49. The average molecular weight is 905 g/mol. The first-order valence-corrected chi connectivity index (χ1v) is 21.1. The number of hydrogen-bond acceptors (Lipinski definition) is 10. The van der Waals surface area contributed by atoms with Crippen LogP contribution in [0.1, 0.15) is 71.2 Å². The van der Waals surface area contributed by atoms with Crippen molar-refractivity contribution in [2.24, 2.45) is 31.9 Å². The molecule has 4 aromatic rings. The number of nitrogens with two attached hydrogens (primary N) is 2. The maximum absolute atomic E-state index is 13.7. The van der Waals surface area contributed by atoms with Crippen LogP contribution in [0.3, 0.4) is 0 Å². The summed E-state index contributed by atoms with van der Waals surface area (Å²) in [6, 6.07) is 19.2. The minimum Gasteiger partial charge on any atom is -0.323 e. The van der Waals surface area contributed by atoms with Crippen molar-refractivity contribution >= 4 is 54.9 Å². The monoisotopic (exact) mass is 904 g/mol. The van der Waals surface area contributed by atoms with Crippen molar-refractivity contribution in [2.45, 2.75) is 61.4 Å². The highest BCUT2D eigenvalue weighted by molar-refractivity contribution is 7.87. The van der Waals surface area contributed by atoms with Crippen molar-refractivity contribution in [1.29, 1.82) is 0 Å². The van der Waals surface area contributed by atoms with Gasteiger partial charge in [0.25, 0.3) is 20.2 Å². The smallest absolute Gasteiger partial charge is 0.323 e. The Bertz CT molecular complexity index is 2700. The largest absolute Gasteiger partial charge is 0.473 e. The number of alkyl halides is 6. The van der Waals surface area contributed by atoms with Gasteiger partial charge in [0, 0.05) is 24.0 Å². The zero-order valence-corrected chi connectivity index (χ0v) is 33.9. The molecule has 2 atom stereocenters. The molecule has 4 aromatic carbocycles. The highest BCUT2D eigenvalue weighted by atomic mass is 32.2. The zero-order valence-electron chi connectivity index (χ0n) is 32.3. The fourth-order valence-electron chi connectivity index (χ4n) is 8.16. The summed E-state index contributed by atoms with van der Waals surface area (Å²) in [5.41, 5.74) is -1.90. The van der Waals surface area contributed by atoms with E-state index >= 15 is 0 Å². The summed E-state index contributed by atoms with van der Waals surface area (Å²) < 4.78 is 152. The van der Waals surface area contributed by atoms with Gasteiger partial charge in [-0.05, 0) is 57.3 Å². The van der Waals surface area contributed by atoms with Gasteiger partial charge in [0.2, 0.25) is 0 Å². The molecule has 62 heavy (non-hydrogen) atoms. The van der Waals surface area contributed by atoms with Crippen LogP contribution in [0.2, 0.25) is 0 Å². The Labute approximate surface area is 349 Å². The maximum Gasteiger partial charge on any atom is 0.473 e. The molecule has 0 radical (unpaired) electrons. The first kappa shape index (κ1) is 45.4. The predicted octanol–water partition coefficient (Wildman–Crippen LogP) is 5.93. The van der Waals surface area contributed by atoms with Gasteiger partial charge >= 0.3 is 24.2 Å². The van der Waals surface area contributed by atoms with E-state index in [4.69, 9.17) is 11.7 Å². The van der Waals surface area contributed by atoms with E-state index in [1.807, 2.05) is 0 Å². The lowest BCUT2D eigenvalue weighted by atomic mass is 9.73. The Hall–Kier alpha value is -6.10. The molecular formula is C40H34F6N6O8S2. The second kappa shape index (κ2) is 16.0. The van der Waals surface area contributed by atoms with Crippen molar-refractivity contribution in [2.75, 3.05) is 0 Å². The Morgan fingerprint density at radius 2 is 0.935 bits per heavy atom. The molecule has 2 aliphatic carbocycles. The molecule has 0 spiro atoms. The highest BCUT2D eigenvalue weighted by Gasteiger charge is 2.55. The van der Waals surface area contributed by atoms with Crippen molar-refractivity contribution in [3.8, 4) is 11.1 Å². The normalized spacial score (nSPS) is 22.2. The number of halogens is 6. The topological polar surface area (TPSA) is 244 Å². The van der Waals surface area contributed by atoms with Gasteiger partial charge in [-0.3, -0.25) is 18.7 Å². The quantitative estimate of drug-likeness (QED) is 0.0737. The van der Waals surface area contributed by atoms with Crippen LogP contribution in [0.5, 0.6) is 0 Å². The molecule has 0 heterocycles. The lowest BCUT2D eigenvalue weighted by Gasteiger charge is -2.39. The minimum absolute atomic E-state index is 0.0207. The number of rotatable bonds is 7. The summed E-state index contributed by atoms with van der Waals surface area (Å²) in [6.45, 7) is 3.32. The van der Waals surface area contributed by atoms with Crippen molar-refractivity contribution in [1.82, 2.24) is 0 Å². The Morgan fingerprint density at radius 3 is 1.23 bits per heavy atom. The first-order chi connectivity index (χ1) is 28.9. The number of hydrazone groups is 2. The molecule has 0 saturated heterocycles. The summed E-state index contributed by atoms with van der Waals surface area (Å²) in [5.74, 6) is 6.14. The molecule has 2 aliphatic rings. The van der Waals surface area contributed by atoms with E-state index in [2.05, 4.69) is 20.2 Å². The SMILES string of the molecule is CCc1cc(-c2ccc(C3(S(=O)(=O)O)CC(=NN)C(=NC(=O)C(F)(F)F)c4ccccc43)c(CC)c2)ccc1C1(S(=O)(=O)O)CC(=NN)C(=NC(=O)C(F)(F)F)c2ccccc21. The van der Waals surface area contributed by atoms with Crippen molar-refractivity contribution in [3.05, 3.63) is 129 Å². The molecule has 0 bridgehead atoms. The van der Waals surface area contributed by atoms with Crippen LogP contribution in [0.15, 0.2) is 105 Å². The van der Waals surface area contributed by atoms with Gasteiger partial charge in [0.1, 0.15) is 0 Å². The van der Waals surface area contributed by atoms with E-state index in [1.54, 1.807) is 26.0 Å². The van der Waals surface area contributed by atoms with Gasteiger partial charge in [-0.2, -0.15) is 53.4 Å². The van der Waals surface area contributed by atoms with Crippen molar-refractivity contribution in [3.63, 3.8) is 0 Å². The summed E-state index contributed by atoms with van der Waals surface area (Å²) in [4.78, 5) is 30.4. The van der Waals surface area contributed by atoms with Gasteiger partial charge in [0.15, 0.2) is 9.49 Å². The molecule has 326 valence electrons. The highest BCUT2D eigenvalue weighted by Crippen LogP contribution is 2.50. The molecule has 0 fully saturated rings. The molecule has 14 nitrogen and oxygen atoms in total. The standard InChI is InChI=1S/C40H34F6N6O8S2/c1-3-21-17-23(13-15-27(21)37(61(55,56)57)19-31(51-47)33(49-35(53)39(41,42)43)25-9-5-7-11-29(25)37)24-14-16-28(22(4-2)18-24)38(62(58,59)60)20-32(52-48)34(50-36(54)40(44,45)46)26-10-6-8-12-30(26)38/h5-18H,3-4,19-20,47-48H2,1-2H3,(H,55,56,57)(H,58,59,60). The second-order valence-corrected chi connectivity index (χ2v) is 17.5. The van der Waals surface area contributed by atoms with Crippen LogP contribution in [0.25, 0.3) is 11.1 Å². The number of hydrogen-bond donors (Lipinski definition) is 4. The number of amides is 2. The fourth-order valence-corrected chi connectivity index (χ4v) is 10.7. The molecule has 6 rings (SSSR count). The Kier molecular flexibility index (Phi) is 11.7. The van der Waals surface area contributed by atoms with E-state index in [1.165, 1.54) is 72.8 Å². The Balaban J connectivity index is 1.55. The summed E-state index contributed by atoms with van der Waals surface area (Å²) in [5, 5.41) is 7.01. The molecular weight excluding hydrogens is 871 g/mol. The van der Waals surface area contributed by atoms with Gasteiger partial charge in [0.05, 0.1) is 22.8 Å². The van der Waals surface area contributed by atoms with Gasteiger partial charge in [-0.15, -0.1) is 0 Å². The number of nitrogens with zero attached hydrogens (tertiary/aromatic N) is 4. The number of aliphatic imine (C=N–C) groups is 2. The van der Waals surface area contributed by atoms with Crippen LogP contribution in [0.4, 0.5) is 26.3 Å². The summed E-state index contributed by atoms with van der Waals surface area (Å²) in [6.07, 6.45) is -12.3. The van der Waals surface area contributed by atoms with Crippen LogP contribution in [-0.4, -0.2) is 73.0 Å². The van der Waals surface area contributed by atoms with Gasteiger partial charge in [-0.25, -0.2) is 9.98 Å². The molecule has 6 N–H and O–H groups in total. The molecule has 0 aliphatic heterocycles. The summed E-state index contributed by atoms with van der Waals surface area (Å²) in [7, 11) is -10.5. The third-order valence-corrected chi connectivity index (χ3v) is 13.8. The third-order valence-electron chi connectivity index (χ3n) is 10.9.